The Hall–Kier alpha value is -1.38. The van der Waals surface area contributed by atoms with Crippen LogP contribution in [0.25, 0.3) is 0 Å². The lowest BCUT2D eigenvalue weighted by atomic mass is 10.00. The van der Waals surface area contributed by atoms with Gasteiger partial charge in [0.15, 0.2) is 11.6 Å². The van der Waals surface area contributed by atoms with E-state index >= 15 is 0 Å². The van der Waals surface area contributed by atoms with E-state index in [1.165, 1.54) is 0 Å². The van der Waals surface area contributed by atoms with Gasteiger partial charge in [0.1, 0.15) is 5.78 Å². The zero-order valence-electron chi connectivity index (χ0n) is 14.2. The number of rotatable bonds is 11. The Balaban J connectivity index is 2.51. The molecule has 124 valence electrons. The topological polar surface area (TPSA) is 26.3 Å². The van der Waals surface area contributed by atoms with Crippen molar-refractivity contribution in [3.63, 3.8) is 0 Å². The first kappa shape index (κ1) is 18.7. The molecular weight excluding hydrogens is 279 g/mol. The lowest BCUT2D eigenvalue weighted by molar-refractivity contribution is -0.118. The molecule has 2 nitrogen and oxygen atoms in total. The van der Waals surface area contributed by atoms with Crippen LogP contribution in [0.1, 0.15) is 69.9 Å². The van der Waals surface area contributed by atoms with Gasteiger partial charge in [0.2, 0.25) is 0 Å². The van der Waals surface area contributed by atoms with Crippen molar-refractivity contribution in [2.24, 2.45) is 0 Å². The van der Waals surface area contributed by atoms with Crippen LogP contribution in [0.2, 0.25) is 0 Å². The molecule has 0 saturated carbocycles. The fourth-order valence-electron chi connectivity index (χ4n) is 2.42. The Bertz CT molecular complexity index is 469. The molecule has 0 amide bonds. The number of carbonyl (C=O) groups is 1. The van der Waals surface area contributed by atoms with Gasteiger partial charge in [-0.2, -0.15) is 0 Å². The monoisotopic (exact) mass is 308 g/mol. The maximum absolute atomic E-state index is 14.5. The van der Waals surface area contributed by atoms with E-state index in [2.05, 4.69) is 6.92 Å². The molecule has 0 aliphatic carbocycles. The second-order valence-electron chi connectivity index (χ2n) is 5.83. The molecule has 1 rings (SSSR count). The van der Waals surface area contributed by atoms with E-state index in [-0.39, 0.29) is 5.82 Å². The number of halogens is 1. The Kier molecular flexibility index (Phi) is 8.79. The van der Waals surface area contributed by atoms with Crippen molar-refractivity contribution in [2.45, 2.75) is 72.1 Å². The number of ether oxygens (including phenoxy) is 1. The maximum atomic E-state index is 14.5. The standard InChI is InChI=1S/C19H29FO2/c1-4-6-14-22-18-13-12-15(3)17(19(18)20)11-9-7-8-10-16(21)5-2/h12-13H,4-11,14H2,1-3H3. The number of hydrogen-bond acceptors (Lipinski definition) is 2. The highest BCUT2D eigenvalue weighted by atomic mass is 19.1. The Morgan fingerprint density at radius 2 is 1.91 bits per heavy atom. The second kappa shape index (κ2) is 10.4. The molecule has 1 aromatic rings. The third-order valence-electron chi connectivity index (χ3n) is 3.97. The molecule has 1 aromatic carbocycles. The largest absolute Gasteiger partial charge is 0.491 e. The summed E-state index contributed by atoms with van der Waals surface area (Å²) in [5.41, 5.74) is 1.74. The number of hydrogen-bond donors (Lipinski definition) is 0. The van der Waals surface area contributed by atoms with Crippen molar-refractivity contribution in [2.75, 3.05) is 6.61 Å². The van der Waals surface area contributed by atoms with Gasteiger partial charge in [-0.25, -0.2) is 4.39 Å². The molecule has 0 fully saturated rings. The lowest BCUT2D eigenvalue weighted by Gasteiger charge is -2.12. The Morgan fingerprint density at radius 1 is 1.14 bits per heavy atom. The van der Waals surface area contributed by atoms with Gasteiger partial charge < -0.3 is 4.74 Å². The third-order valence-corrected chi connectivity index (χ3v) is 3.97. The van der Waals surface area contributed by atoms with Crippen molar-refractivity contribution in [1.29, 1.82) is 0 Å². The third kappa shape index (κ3) is 6.17. The summed E-state index contributed by atoms with van der Waals surface area (Å²) >= 11 is 0. The van der Waals surface area contributed by atoms with E-state index in [4.69, 9.17) is 4.74 Å². The summed E-state index contributed by atoms with van der Waals surface area (Å²) in [5, 5.41) is 0. The van der Waals surface area contributed by atoms with Crippen LogP contribution in [0, 0.1) is 12.7 Å². The molecule has 3 heteroatoms. The Morgan fingerprint density at radius 3 is 2.59 bits per heavy atom. The average molecular weight is 308 g/mol. The zero-order valence-corrected chi connectivity index (χ0v) is 14.2. The van der Waals surface area contributed by atoms with Crippen LogP contribution in [0.3, 0.4) is 0 Å². The molecule has 0 atom stereocenters. The molecule has 0 aliphatic heterocycles. The average Bonchev–Trinajstić information content (AvgIpc) is 2.52. The van der Waals surface area contributed by atoms with Crippen molar-refractivity contribution < 1.29 is 13.9 Å². The van der Waals surface area contributed by atoms with Crippen LogP contribution in [0.5, 0.6) is 5.75 Å². The van der Waals surface area contributed by atoms with Gasteiger partial charge in [0.25, 0.3) is 0 Å². The van der Waals surface area contributed by atoms with Crippen molar-refractivity contribution in [3.05, 3.63) is 29.1 Å². The molecular formula is C19H29FO2. The van der Waals surface area contributed by atoms with Gasteiger partial charge in [0, 0.05) is 12.8 Å². The van der Waals surface area contributed by atoms with E-state index in [0.717, 1.165) is 43.2 Å². The predicted molar refractivity (Wildman–Crippen MR) is 89.0 cm³/mol. The fourth-order valence-corrected chi connectivity index (χ4v) is 2.42. The molecule has 0 spiro atoms. The van der Waals surface area contributed by atoms with Crippen LogP contribution >= 0.6 is 0 Å². The minimum Gasteiger partial charge on any atom is -0.491 e. The van der Waals surface area contributed by atoms with Gasteiger partial charge >= 0.3 is 0 Å². The second-order valence-corrected chi connectivity index (χ2v) is 5.83. The first-order valence-electron chi connectivity index (χ1n) is 8.52. The number of carbonyl (C=O) groups excluding carboxylic acids is 1. The molecule has 0 saturated heterocycles. The highest BCUT2D eigenvalue weighted by molar-refractivity contribution is 5.77. The first-order valence-corrected chi connectivity index (χ1v) is 8.52. The quantitative estimate of drug-likeness (QED) is 0.512. The van der Waals surface area contributed by atoms with Crippen LogP contribution in [-0.4, -0.2) is 12.4 Å². The number of aryl methyl sites for hydroxylation is 1. The predicted octanol–water partition coefficient (Wildman–Crippen LogP) is 5.40. The van der Waals surface area contributed by atoms with E-state index in [0.29, 0.717) is 37.4 Å². The summed E-state index contributed by atoms with van der Waals surface area (Å²) in [5.74, 6) is 0.477. The van der Waals surface area contributed by atoms with E-state index in [1.807, 2.05) is 19.9 Å². The summed E-state index contributed by atoms with van der Waals surface area (Å²) < 4.78 is 20.0. The van der Waals surface area contributed by atoms with Crippen LogP contribution < -0.4 is 4.74 Å². The number of unbranched alkanes of at least 4 members (excludes halogenated alkanes) is 3. The SMILES string of the molecule is CCCCOc1ccc(C)c(CCCCCC(=O)CC)c1F. The molecule has 0 heterocycles. The van der Waals surface area contributed by atoms with Crippen LogP contribution in [-0.2, 0) is 11.2 Å². The minimum absolute atomic E-state index is 0.208. The molecule has 0 aromatic heterocycles. The van der Waals surface area contributed by atoms with Gasteiger partial charge in [-0.15, -0.1) is 0 Å². The first-order chi connectivity index (χ1) is 10.6. The van der Waals surface area contributed by atoms with Crippen molar-refractivity contribution in [3.8, 4) is 5.75 Å². The minimum atomic E-state index is -0.208. The lowest BCUT2D eigenvalue weighted by Crippen LogP contribution is -2.03. The summed E-state index contributed by atoms with van der Waals surface area (Å²) in [7, 11) is 0. The van der Waals surface area contributed by atoms with Gasteiger partial charge in [-0.05, 0) is 49.8 Å². The summed E-state index contributed by atoms with van der Waals surface area (Å²) in [4.78, 5) is 11.2. The van der Waals surface area contributed by atoms with Gasteiger partial charge in [-0.3, -0.25) is 4.79 Å². The summed E-state index contributed by atoms with van der Waals surface area (Å²) in [6.45, 7) is 6.48. The smallest absolute Gasteiger partial charge is 0.168 e. The molecule has 0 unspecified atom stereocenters. The highest BCUT2D eigenvalue weighted by Crippen LogP contribution is 2.25. The van der Waals surface area contributed by atoms with Crippen LogP contribution in [0.15, 0.2) is 12.1 Å². The number of Topliss-reactive ketones (excluding diaryl/α,β-unsaturated/α-hetero) is 1. The highest BCUT2D eigenvalue weighted by Gasteiger charge is 2.12. The zero-order chi connectivity index (χ0) is 16.4. The molecule has 0 bridgehead atoms. The Labute approximate surface area is 134 Å². The molecule has 0 aliphatic rings. The van der Waals surface area contributed by atoms with Gasteiger partial charge in [-0.1, -0.05) is 32.8 Å². The number of ketones is 1. The molecule has 22 heavy (non-hydrogen) atoms. The van der Waals surface area contributed by atoms with E-state index < -0.39 is 0 Å². The van der Waals surface area contributed by atoms with E-state index in [1.54, 1.807) is 6.07 Å². The summed E-state index contributed by atoms with van der Waals surface area (Å²) in [6, 6.07) is 3.66. The number of benzene rings is 1. The van der Waals surface area contributed by atoms with Crippen molar-refractivity contribution >= 4 is 5.78 Å². The van der Waals surface area contributed by atoms with Crippen LogP contribution in [0.4, 0.5) is 4.39 Å². The molecule has 0 radical (unpaired) electrons. The van der Waals surface area contributed by atoms with Gasteiger partial charge in [0.05, 0.1) is 6.61 Å². The van der Waals surface area contributed by atoms with E-state index in [9.17, 15) is 9.18 Å². The normalized spacial score (nSPS) is 10.7. The summed E-state index contributed by atoms with van der Waals surface area (Å²) in [6.07, 6.45) is 6.73. The maximum Gasteiger partial charge on any atom is 0.168 e. The fraction of sp³-hybridized carbons (Fsp3) is 0.632. The molecule has 0 N–H and O–H groups in total. The van der Waals surface area contributed by atoms with Crippen molar-refractivity contribution in [1.82, 2.24) is 0 Å².